The number of fused-ring (bicyclic) bond motifs is 2. The molecule has 1 saturated heterocycles. The first-order valence-corrected chi connectivity index (χ1v) is 13.2. The zero-order chi connectivity index (χ0) is 25.2. The zero-order valence-corrected chi connectivity index (χ0v) is 21.1. The van der Waals surface area contributed by atoms with Gasteiger partial charge in [-0.1, -0.05) is 30.0 Å². The molecule has 0 radical (unpaired) electrons. The molecule has 36 heavy (non-hydrogen) atoms. The molecule has 2 saturated carbocycles. The number of nitrogens with one attached hydrogen (secondary N) is 1. The van der Waals surface area contributed by atoms with Gasteiger partial charge in [0.05, 0.1) is 17.7 Å². The number of ether oxygens (including phenoxy) is 2. The van der Waals surface area contributed by atoms with E-state index in [0.29, 0.717) is 34.1 Å². The zero-order valence-electron chi connectivity index (χ0n) is 20.2. The van der Waals surface area contributed by atoms with Gasteiger partial charge in [0.15, 0.2) is 39.6 Å². The lowest BCUT2D eigenvalue weighted by molar-refractivity contribution is -0.165. The molecule has 1 aliphatic heterocycles. The van der Waals surface area contributed by atoms with Crippen LogP contribution < -0.4 is 5.32 Å². The predicted octanol–water partition coefficient (Wildman–Crippen LogP) is 3.93. The van der Waals surface area contributed by atoms with Gasteiger partial charge in [-0.3, -0.25) is 0 Å². The molecule has 2 N–H and O–H groups in total. The van der Waals surface area contributed by atoms with Crippen molar-refractivity contribution < 1.29 is 23.4 Å². The van der Waals surface area contributed by atoms with Gasteiger partial charge in [-0.15, -0.1) is 5.10 Å². The van der Waals surface area contributed by atoms with E-state index in [2.05, 4.69) is 22.6 Å². The van der Waals surface area contributed by atoms with Gasteiger partial charge < -0.3 is 19.9 Å². The molecule has 0 bridgehead atoms. The summed E-state index contributed by atoms with van der Waals surface area (Å²) in [5.74, 6) is -1.24. The Labute approximate surface area is 211 Å². The summed E-state index contributed by atoms with van der Waals surface area (Å²) in [7, 11) is 0. The molecule has 0 spiro atoms. The molecule has 0 unspecified atom stereocenters. The van der Waals surface area contributed by atoms with Crippen LogP contribution in [-0.2, 0) is 15.0 Å². The molecule has 3 fully saturated rings. The monoisotopic (exact) mass is 518 g/mol. The lowest BCUT2D eigenvalue weighted by Crippen LogP contribution is -2.29. The Kier molecular flexibility index (Phi) is 5.71. The van der Waals surface area contributed by atoms with E-state index >= 15 is 0 Å². The summed E-state index contributed by atoms with van der Waals surface area (Å²) >= 11 is 1.52. The molecule has 192 valence electrons. The second kappa shape index (κ2) is 8.57. The first kappa shape index (κ1) is 24.0. The van der Waals surface area contributed by atoms with Crippen LogP contribution in [-0.4, -0.2) is 59.9 Å². The summed E-state index contributed by atoms with van der Waals surface area (Å²) in [4.78, 5) is 9.49. The number of aromatic nitrogens is 5. The number of thioether (sulfide) groups is 1. The third kappa shape index (κ3) is 4.04. The van der Waals surface area contributed by atoms with E-state index in [4.69, 9.17) is 19.4 Å². The van der Waals surface area contributed by atoms with E-state index in [-0.39, 0.29) is 6.04 Å². The topological polar surface area (TPSA) is 107 Å². The van der Waals surface area contributed by atoms with Crippen molar-refractivity contribution in [2.24, 2.45) is 0 Å². The lowest BCUT2D eigenvalue weighted by atomic mass is 10.0. The van der Waals surface area contributed by atoms with Gasteiger partial charge in [0.2, 0.25) is 0 Å². The van der Waals surface area contributed by atoms with Gasteiger partial charge in [-0.05, 0) is 50.8 Å². The maximum Gasteiger partial charge on any atom is 0.191 e. The minimum absolute atomic E-state index is 0.315. The first-order chi connectivity index (χ1) is 17.2. The van der Waals surface area contributed by atoms with Gasteiger partial charge in [-0.2, -0.15) is 0 Å². The smallest absolute Gasteiger partial charge is 0.191 e. The van der Waals surface area contributed by atoms with Crippen molar-refractivity contribution in [1.82, 2.24) is 25.0 Å². The fourth-order valence-electron chi connectivity index (χ4n) is 5.18. The fraction of sp³-hybridized carbons (Fsp3) is 0.583. The highest BCUT2D eigenvalue weighted by Gasteiger charge is 2.55. The second-order valence-corrected chi connectivity index (χ2v) is 11.2. The maximum atomic E-state index is 14.0. The van der Waals surface area contributed by atoms with Crippen molar-refractivity contribution in [2.75, 3.05) is 11.1 Å². The van der Waals surface area contributed by atoms with Crippen LogP contribution in [0.15, 0.2) is 23.4 Å². The largest absolute Gasteiger partial charge is 0.390 e. The van der Waals surface area contributed by atoms with Gasteiger partial charge in [-0.25, -0.2) is 23.4 Å². The summed E-state index contributed by atoms with van der Waals surface area (Å²) in [5.41, 5.74) is 1.09. The summed E-state index contributed by atoms with van der Waals surface area (Å²) in [6.45, 7) is 5.73. The molecule has 4 atom stereocenters. The average molecular weight is 519 g/mol. The van der Waals surface area contributed by atoms with Crippen molar-refractivity contribution in [1.29, 1.82) is 0 Å². The molecule has 1 aromatic carbocycles. The quantitative estimate of drug-likeness (QED) is 0.355. The van der Waals surface area contributed by atoms with E-state index in [1.807, 2.05) is 13.8 Å². The van der Waals surface area contributed by atoms with Crippen LogP contribution >= 0.6 is 11.8 Å². The highest BCUT2D eigenvalue weighted by Crippen LogP contribution is 2.49. The third-order valence-corrected chi connectivity index (χ3v) is 8.09. The van der Waals surface area contributed by atoms with E-state index in [1.54, 1.807) is 10.7 Å². The van der Waals surface area contributed by atoms with Gasteiger partial charge in [0, 0.05) is 12.2 Å². The van der Waals surface area contributed by atoms with E-state index in [0.717, 1.165) is 31.1 Å². The average Bonchev–Trinajstić information content (AvgIpc) is 3.23. The van der Waals surface area contributed by atoms with Crippen LogP contribution in [0.2, 0.25) is 0 Å². The second-order valence-electron chi connectivity index (χ2n) is 10.2. The van der Waals surface area contributed by atoms with Gasteiger partial charge in [0.25, 0.3) is 0 Å². The molecule has 2 aromatic heterocycles. The van der Waals surface area contributed by atoms with Crippen LogP contribution in [0.1, 0.15) is 58.1 Å². The molecule has 9 nitrogen and oxygen atoms in total. The number of hydrogen-bond donors (Lipinski definition) is 2. The molecular formula is C24H28F2N6O3S. The van der Waals surface area contributed by atoms with E-state index in [9.17, 15) is 13.9 Å². The standard InChI is InChI=1S/C24H28F2N6O3S/c1-4-9-36-22-27-20(29-24(7-8-24)12-5-6-13(25)14(26)10-12)17-21(28-22)32(31-30-17)15-11-16(33)19-18(15)34-23(2,3)35-19/h5-6,10,15-16,18-19,33H,4,7-9,11H2,1-3H3,(H,27,28,29)/t15-,16+,18+,19-/m1/s1. The molecular weight excluding hydrogens is 490 g/mol. The molecule has 3 heterocycles. The third-order valence-electron chi connectivity index (χ3n) is 7.04. The fourth-order valence-corrected chi connectivity index (χ4v) is 5.87. The van der Waals surface area contributed by atoms with Crippen LogP contribution in [0.3, 0.4) is 0 Å². The predicted molar refractivity (Wildman–Crippen MR) is 129 cm³/mol. The van der Waals surface area contributed by atoms with Crippen molar-refractivity contribution in [3.63, 3.8) is 0 Å². The van der Waals surface area contributed by atoms with Crippen molar-refractivity contribution in [2.45, 2.75) is 87.3 Å². The highest BCUT2D eigenvalue weighted by atomic mass is 32.2. The number of hydrogen-bond acceptors (Lipinski definition) is 9. The minimum Gasteiger partial charge on any atom is -0.390 e. The van der Waals surface area contributed by atoms with Crippen LogP contribution in [0.4, 0.5) is 14.6 Å². The normalized spacial score (nSPS) is 27.9. The summed E-state index contributed by atoms with van der Waals surface area (Å²) < 4.78 is 41.3. The Morgan fingerprint density at radius 2 is 1.94 bits per heavy atom. The molecule has 3 aliphatic rings. The highest BCUT2D eigenvalue weighted by molar-refractivity contribution is 7.99. The maximum absolute atomic E-state index is 14.0. The SMILES string of the molecule is CCCSc1nc(NC2(c3ccc(F)c(F)c3)CC2)c2nnn([C@@H]3C[C@H](O)[C@H]4OC(C)(C)O[C@H]43)c2n1. The Morgan fingerprint density at radius 1 is 1.17 bits per heavy atom. The number of nitrogens with zero attached hydrogens (tertiary/aromatic N) is 5. The first-order valence-electron chi connectivity index (χ1n) is 12.2. The number of aliphatic hydroxyl groups excluding tert-OH is 1. The summed E-state index contributed by atoms with van der Waals surface area (Å²) in [5, 5.41) is 23.5. The van der Waals surface area contributed by atoms with Crippen LogP contribution in [0, 0.1) is 11.6 Å². The minimum atomic E-state index is -0.880. The van der Waals surface area contributed by atoms with E-state index in [1.165, 1.54) is 17.8 Å². The van der Waals surface area contributed by atoms with Gasteiger partial charge >= 0.3 is 0 Å². The number of rotatable bonds is 7. The molecule has 3 aromatic rings. The Hall–Kier alpha value is -2.41. The van der Waals surface area contributed by atoms with Gasteiger partial charge in [0.1, 0.15) is 12.2 Å². The van der Waals surface area contributed by atoms with Crippen molar-refractivity contribution >= 4 is 28.7 Å². The molecule has 6 rings (SSSR count). The number of aliphatic hydroxyl groups is 1. The van der Waals surface area contributed by atoms with Crippen molar-refractivity contribution in [3.05, 3.63) is 35.4 Å². The molecule has 12 heteroatoms. The number of halogens is 2. The Morgan fingerprint density at radius 3 is 2.67 bits per heavy atom. The lowest BCUT2D eigenvalue weighted by Gasteiger charge is -2.22. The van der Waals surface area contributed by atoms with E-state index < -0.39 is 41.3 Å². The van der Waals surface area contributed by atoms with Crippen LogP contribution in [0.5, 0.6) is 0 Å². The Bertz CT molecular complexity index is 1320. The molecule has 2 aliphatic carbocycles. The van der Waals surface area contributed by atoms with Crippen molar-refractivity contribution in [3.8, 4) is 0 Å². The Balaban J connectivity index is 1.39. The summed E-state index contributed by atoms with van der Waals surface area (Å²) in [6.07, 6.45) is 1.28. The molecule has 0 amide bonds. The number of benzene rings is 1. The van der Waals surface area contributed by atoms with Crippen LogP contribution in [0.25, 0.3) is 11.2 Å². The number of anilines is 1. The summed E-state index contributed by atoms with van der Waals surface area (Å²) in [6, 6.07) is 3.66.